The molecule has 174 valence electrons. The van der Waals surface area contributed by atoms with Crippen LogP contribution in [0.5, 0.6) is 11.5 Å². The number of halogens is 3. The van der Waals surface area contributed by atoms with Gasteiger partial charge in [-0.05, 0) is 48.5 Å². The molecule has 0 saturated heterocycles. The van der Waals surface area contributed by atoms with Gasteiger partial charge in [0.1, 0.15) is 6.61 Å². The third-order valence-corrected chi connectivity index (χ3v) is 6.25. The van der Waals surface area contributed by atoms with Crippen LogP contribution in [0.15, 0.2) is 59.1 Å². The van der Waals surface area contributed by atoms with E-state index in [1.165, 1.54) is 0 Å². The van der Waals surface area contributed by atoms with E-state index in [0.717, 1.165) is 27.0 Å². The first-order valence-corrected chi connectivity index (χ1v) is 11.9. The third-order valence-electron chi connectivity index (χ3n) is 4.92. The number of benzene rings is 3. The van der Waals surface area contributed by atoms with Crippen molar-refractivity contribution in [1.82, 2.24) is 0 Å². The van der Waals surface area contributed by atoms with Crippen molar-refractivity contribution in [2.75, 3.05) is 17.7 Å². The maximum absolute atomic E-state index is 11.9. The molecule has 0 aromatic heterocycles. The summed E-state index contributed by atoms with van der Waals surface area (Å²) >= 11 is 15.9. The molecule has 0 aliphatic rings. The maximum Gasteiger partial charge on any atom is 0.226 e. The zero-order valence-corrected chi connectivity index (χ0v) is 21.6. The van der Waals surface area contributed by atoms with E-state index in [-0.39, 0.29) is 18.4 Å². The number of amides is 1. The molecule has 0 bridgehead atoms. The summed E-state index contributed by atoms with van der Waals surface area (Å²) < 4.78 is 12.6. The number of rotatable bonds is 9. The van der Waals surface area contributed by atoms with E-state index in [1.54, 1.807) is 19.2 Å². The molecule has 0 heterocycles. The predicted octanol–water partition coefficient (Wildman–Crippen LogP) is 7.55. The highest BCUT2D eigenvalue weighted by atomic mass is 79.9. The van der Waals surface area contributed by atoms with Crippen LogP contribution in [0.2, 0.25) is 10.0 Å². The van der Waals surface area contributed by atoms with Gasteiger partial charge in [-0.25, -0.2) is 0 Å². The minimum absolute atomic E-state index is 0.0152. The summed E-state index contributed by atoms with van der Waals surface area (Å²) in [5.74, 6) is 1.14. The van der Waals surface area contributed by atoms with E-state index >= 15 is 0 Å². The highest BCUT2D eigenvalue weighted by Crippen LogP contribution is 2.38. The van der Waals surface area contributed by atoms with Gasteiger partial charge >= 0.3 is 0 Å². The fourth-order valence-electron chi connectivity index (χ4n) is 3.00. The number of anilines is 2. The Kier molecular flexibility index (Phi) is 8.89. The molecular formula is C25H25BrCl2N2O3. The Morgan fingerprint density at radius 3 is 2.36 bits per heavy atom. The van der Waals surface area contributed by atoms with Crippen molar-refractivity contribution in [3.05, 3.63) is 80.2 Å². The van der Waals surface area contributed by atoms with Gasteiger partial charge in [0, 0.05) is 49.5 Å². The Balaban J connectivity index is 1.75. The predicted molar refractivity (Wildman–Crippen MR) is 139 cm³/mol. The standard InChI is InChI=1S/C25H25BrCl2N2O3/c1-15(2)25(31)30-19-8-6-18(7-9-19)29-13-20-21(26)10-11-23(32-3)24(20)33-14-16-4-5-17(27)12-22(16)28/h4-12,15,29H,13-14H2,1-3H3,(H,30,31). The molecule has 3 rings (SSSR count). The first-order valence-electron chi connectivity index (χ1n) is 10.4. The highest BCUT2D eigenvalue weighted by molar-refractivity contribution is 9.10. The van der Waals surface area contributed by atoms with Gasteiger partial charge in [-0.3, -0.25) is 4.79 Å². The Morgan fingerprint density at radius 1 is 1.03 bits per heavy atom. The Bertz CT molecular complexity index is 1120. The minimum atomic E-state index is -0.0746. The molecule has 0 atom stereocenters. The molecule has 0 fully saturated rings. The summed E-state index contributed by atoms with van der Waals surface area (Å²) in [6, 6.07) is 16.6. The van der Waals surface area contributed by atoms with Gasteiger partial charge in [0.2, 0.25) is 5.91 Å². The number of ether oxygens (including phenoxy) is 2. The summed E-state index contributed by atoms with van der Waals surface area (Å²) in [7, 11) is 1.60. The Hall–Kier alpha value is -2.41. The van der Waals surface area contributed by atoms with Crippen LogP contribution in [-0.4, -0.2) is 13.0 Å². The maximum atomic E-state index is 11.9. The van der Waals surface area contributed by atoms with Crippen molar-refractivity contribution < 1.29 is 14.3 Å². The van der Waals surface area contributed by atoms with Crippen molar-refractivity contribution in [3.8, 4) is 11.5 Å². The average Bonchev–Trinajstić information content (AvgIpc) is 2.79. The third kappa shape index (κ3) is 6.79. The van der Waals surface area contributed by atoms with Gasteiger partial charge < -0.3 is 20.1 Å². The summed E-state index contributed by atoms with van der Waals surface area (Å²) in [5.41, 5.74) is 3.38. The van der Waals surface area contributed by atoms with Crippen LogP contribution < -0.4 is 20.1 Å². The van der Waals surface area contributed by atoms with Crippen molar-refractivity contribution >= 4 is 56.4 Å². The smallest absolute Gasteiger partial charge is 0.226 e. The average molecular weight is 552 g/mol. The molecule has 8 heteroatoms. The number of methoxy groups -OCH3 is 1. The largest absolute Gasteiger partial charge is 0.493 e. The zero-order valence-electron chi connectivity index (χ0n) is 18.5. The van der Waals surface area contributed by atoms with E-state index in [9.17, 15) is 4.79 Å². The molecule has 0 aliphatic heterocycles. The molecule has 1 amide bonds. The van der Waals surface area contributed by atoms with E-state index in [4.69, 9.17) is 32.7 Å². The summed E-state index contributed by atoms with van der Waals surface area (Å²) in [6.07, 6.45) is 0. The van der Waals surface area contributed by atoms with Gasteiger partial charge in [0.25, 0.3) is 0 Å². The molecule has 3 aromatic carbocycles. The second-order valence-corrected chi connectivity index (χ2v) is 9.35. The Morgan fingerprint density at radius 2 is 1.73 bits per heavy atom. The molecule has 0 unspecified atom stereocenters. The second kappa shape index (κ2) is 11.6. The second-order valence-electron chi connectivity index (χ2n) is 7.66. The van der Waals surface area contributed by atoms with Crippen molar-refractivity contribution in [2.45, 2.75) is 27.0 Å². The molecular weight excluding hydrogens is 527 g/mol. The number of carbonyl (C=O) groups is 1. The number of nitrogens with one attached hydrogen (secondary N) is 2. The van der Waals surface area contributed by atoms with E-state index in [2.05, 4.69) is 26.6 Å². The summed E-state index contributed by atoms with van der Waals surface area (Å²) in [4.78, 5) is 11.9. The topological polar surface area (TPSA) is 59.6 Å². The lowest BCUT2D eigenvalue weighted by atomic mass is 10.1. The fourth-order valence-corrected chi connectivity index (χ4v) is 3.92. The Labute approximate surface area is 212 Å². The molecule has 3 aromatic rings. The molecule has 0 saturated carbocycles. The molecule has 2 N–H and O–H groups in total. The number of hydrogen-bond donors (Lipinski definition) is 2. The van der Waals surface area contributed by atoms with Crippen LogP contribution >= 0.6 is 39.1 Å². The van der Waals surface area contributed by atoms with Crippen LogP contribution in [0.25, 0.3) is 0 Å². The van der Waals surface area contributed by atoms with Crippen LogP contribution in [0.1, 0.15) is 25.0 Å². The van der Waals surface area contributed by atoms with E-state index < -0.39 is 0 Å². The number of carbonyl (C=O) groups excluding carboxylic acids is 1. The monoisotopic (exact) mass is 550 g/mol. The van der Waals surface area contributed by atoms with Gasteiger partial charge in [-0.1, -0.05) is 59.0 Å². The van der Waals surface area contributed by atoms with Crippen LogP contribution in [0.3, 0.4) is 0 Å². The molecule has 0 spiro atoms. The van der Waals surface area contributed by atoms with Crippen LogP contribution in [0.4, 0.5) is 11.4 Å². The lowest BCUT2D eigenvalue weighted by Crippen LogP contribution is -2.17. The van der Waals surface area contributed by atoms with E-state index in [0.29, 0.717) is 28.1 Å². The summed E-state index contributed by atoms with van der Waals surface area (Å²) in [5, 5.41) is 7.39. The first-order chi connectivity index (χ1) is 15.8. The lowest BCUT2D eigenvalue weighted by molar-refractivity contribution is -0.118. The number of hydrogen-bond acceptors (Lipinski definition) is 4. The van der Waals surface area contributed by atoms with Gasteiger partial charge in [-0.15, -0.1) is 0 Å². The fraction of sp³-hybridized carbons (Fsp3) is 0.240. The van der Waals surface area contributed by atoms with Crippen LogP contribution in [-0.2, 0) is 17.9 Å². The zero-order chi connectivity index (χ0) is 24.0. The SMILES string of the molecule is COc1ccc(Br)c(CNc2ccc(NC(=O)C(C)C)cc2)c1OCc1ccc(Cl)cc1Cl. The molecule has 0 radical (unpaired) electrons. The van der Waals surface area contributed by atoms with Crippen LogP contribution in [0, 0.1) is 5.92 Å². The molecule has 0 aliphatic carbocycles. The van der Waals surface area contributed by atoms with Gasteiger partial charge in [0.15, 0.2) is 11.5 Å². The van der Waals surface area contributed by atoms with E-state index in [1.807, 2.05) is 56.3 Å². The lowest BCUT2D eigenvalue weighted by Gasteiger charge is -2.18. The summed E-state index contributed by atoms with van der Waals surface area (Å²) in [6.45, 7) is 4.47. The van der Waals surface area contributed by atoms with Gasteiger partial charge in [-0.2, -0.15) is 0 Å². The first kappa shape index (κ1) is 25.2. The quantitative estimate of drug-likeness (QED) is 0.288. The van der Waals surface area contributed by atoms with Crippen molar-refractivity contribution in [1.29, 1.82) is 0 Å². The normalized spacial score (nSPS) is 10.8. The van der Waals surface area contributed by atoms with Gasteiger partial charge in [0.05, 0.1) is 7.11 Å². The highest BCUT2D eigenvalue weighted by Gasteiger charge is 2.16. The molecule has 5 nitrogen and oxygen atoms in total. The molecule has 33 heavy (non-hydrogen) atoms. The van der Waals surface area contributed by atoms with Crippen molar-refractivity contribution in [2.24, 2.45) is 5.92 Å². The minimum Gasteiger partial charge on any atom is -0.493 e. The van der Waals surface area contributed by atoms with Crippen molar-refractivity contribution in [3.63, 3.8) is 0 Å².